The average Bonchev–Trinajstić information content (AvgIpc) is 2.92. The number of likely N-dealkylation sites (N-methyl/N-ethyl adjacent to an activating group) is 1. The average molecular weight is 288 g/mol. The van der Waals surface area contributed by atoms with Crippen molar-refractivity contribution in [2.75, 3.05) is 14.2 Å². The van der Waals surface area contributed by atoms with E-state index < -0.39 is 0 Å². The molecular weight excluding hydrogens is 268 g/mol. The summed E-state index contributed by atoms with van der Waals surface area (Å²) < 4.78 is 5.34. The number of nitrogens with one attached hydrogen (secondary N) is 1. The van der Waals surface area contributed by atoms with Gasteiger partial charge in [0.2, 0.25) is 5.82 Å². The first kappa shape index (κ1) is 15.0. The molecule has 0 bridgehead atoms. The van der Waals surface area contributed by atoms with Crippen LogP contribution in [0.5, 0.6) is 5.75 Å². The van der Waals surface area contributed by atoms with E-state index in [9.17, 15) is 4.79 Å². The molecule has 1 N–H and O–H groups in total. The molecule has 21 heavy (non-hydrogen) atoms. The van der Waals surface area contributed by atoms with E-state index >= 15 is 0 Å². The minimum Gasteiger partial charge on any atom is -0.496 e. The lowest BCUT2D eigenvalue weighted by Crippen LogP contribution is -2.37. The molecule has 0 fully saturated rings. The van der Waals surface area contributed by atoms with Crippen molar-refractivity contribution in [1.29, 1.82) is 0 Å². The van der Waals surface area contributed by atoms with E-state index in [1.165, 1.54) is 0 Å². The third-order valence-corrected chi connectivity index (χ3v) is 3.48. The second kappa shape index (κ2) is 6.39. The van der Waals surface area contributed by atoms with Gasteiger partial charge in [0.05, 0.1) is 7.11 Å². The number of hydrogen-bond donors (Lipinski definition) is 1. The maximum Gasteiger partial charge on any atom is 0.293 e. The molecule has 1 heterocycles. The number of carbonyl (C=O) groups excluding carboxylic acids is 1. The molecule has 6 nitrogen and oxygen atoms in total. The molecule has 1 aromatic heterocycles. The summed E-state index contributed by atoms with van der Waals surface area (Å²) >= 11 is 0. The monoisotopic (exact) mass is 288 g/mol. The number of amides is 1. The maximum atomic E-state index is 12.3. The first-order valence-corrected chi connectivity index (χ1v) is 6.81. The van der Waals surface area contributed by atoms with E-state index in [4.69, 9.17) is 4.74 Å². The van der Waals surface area contributed by atoms with E-state index in [1.54, 1.807) is 26.0 Å². The zero-order chi connectivity index (χ0) is 15.4. The molecule has 6 heteroatoms. The fraction of sp³-hybridized carbons (Fsp3) is 0.400. The van der Waals surface area contributed by atoms with Gasteiger partial charge in [0.1, 0.15) is 11.6 Å². The predicted octanol–water partition coefficient (Wildman–Crippen LogP) is 1.82. The molecule has 0 saturated carbocycles. The van der Waals surface area contributed by atoms with Crippen molar-refractivity contribution in [1.82, 2.24) is 20.1 Å². The highest BCUT2D eigenvalue weighted by atomic mass is 16.5. The molecule has 0 aliphatic carbocycles. The van der Waals surface area contributed by atoms with Gasteiger partial charge in [-0.25, -0.2) is 4.98 Å². The fourth-order valence-electron chi connectivity index (χ4n) is 2.12. The number of hydrogen-bond acceptors (Lipinski definition) is 4. The summed E-state index contributed by atoms with van der Waals surface area (Å²) in [5, 5.41) is 6.59. The van der Waals surface area contributed by atoms with Gasteiger partial charge in [-0.15, -0.1) is 5.10 Å². The number of carbonyl (C=O) groups is 1. The van der Waals surface area contributed by atoms with Crippen LogP contribution in [0.4, 0.5) is 0 Å². The lowest BCUT2D eigenvalue weighted by molar-refractivity contribution is 0.0731. The largest absolute Gasteiger partial charge is 0.496 e. The Morgan fingerprint density at radius 3 is 2.76 bits per heavy atom. The molecule has 1 aromatic carbocycles. The Labute approximate surface area is 124 Å². The highest BCUT2D eigenvalue weighted by molar-refractivity contribution is 5.90. The van der Waals surface area contributed by atoms with Gasteiger partial charge < -0.3 is 9.64 Å². The number of para-hydroxylation sites is 1. The zero-order valence-corrected chi connectivity index (χ0v) is 12.8. The van der Waals surface area contributed by atoms with Gasteiger partial charge in [-0.05, 0) is 31.9 Å². The number of methoxy groups -OCH3 is 1. The molecule has 0 spiro atoms. The molecule has 1 unspecified atom stereocenters. The molecule has 0 saturated heterocycles. The van der Waals surface area contributed by atoms with Crippen LogP contribution >= 0.6 is 0 Å². The van der Waals surface area contributed by atoms with E-state index in [1.807, 2.05) is 31.2 Å². The summed E-state index contributed by atoms with van der Waals surface area (Å²) in [5.74, 6) is 1.46. The molecule has 1 atom stereocenters. The maximum absolute atomic E-state index is 12.3. The van der Waals surface area contributed by atoms with E-state index in [0.29, 0.717) is 12.2 Å². The third kappa shape index (κ3) is 3.39. The van der Waals surface area contributed by atoms with Crippen LogP contribution in [-0.4, -0.2) is 46.2 Å². The normalized spacial score (nSPS) is 12.0. The smallest absolute Gasteiger partial charge is 0.293 e. The third-order valence-electron chi connectivity index (χ3n) is 3.48. The summed E-state index contributed by atoms with van der Waals surface area (Å²) in [4.78, 5) is 18.0. The summed E-state index contributed by atoms with van der Waals surface area (Å²) in [6.07, 6.45) is 0.704. The van der Waals surface area contributed by atoms with Crippen molar-refractivity contribution in [2.45, 2.75) is 26.3 Å². The van der Waals surface area contributed by atoms with Gasteiger partial charge in [-0.1, -0.05) is 18.2 Å². The van der Waals surface area contributed by atoms with Crippen LogP contribution in [0.15, 0.2) is 24.3 Å². The molecular formula is C15H20N4O2. The lowest BCUT2D eigenvalue weighted by atomic mass is 10.1. The highest BCUT2D eigenvalue weighted by Crippen LogP contribution is 2.20. The number of aryl methyl sites for hydroxylation is 1. The molecule has 2 aromatic rings. The highest BCUT2D eigenvalue weighted by Gasteiger charge is 2.21. The predicted molar refractivity (Wildman–Crippen MR) is 79.4 cm³/mol. The molecule has 0 radical (unpaired) electrons. The molecule has 112 valence electrons. The summed E-state index contributed by atoms with van der Waals surface area (Å²) in [7, 11) is 3.41. The van der Waals surface area contributed by atoms with Gasteiger partial charge >= 0.3 is 0 Å². The Morgan fingerprint density at radius 2 is 2.14 bits per heavy atom. The van der Waals surface area contributed by atoms with Crippen LogP contribution in [0.3, 0.4) is 0 Å². The fourth-order valence-corrected chi connectivity index (χ4v) is 2.12. The van der Waals surface area contributed by atoms with Gasteiger partial charge in [0.15, 0.2) is 0 Å². The topological polar surface area (TPSA) is 71.1 Å². The SMILES string of the molecule is COc1ccccc1CC(C)N(C)C(=O)c1n[nH]c(C)n1. The number of aromatic amines is 1. The lowest BCUT2D eigenvalue weighted by Gasteiger charge is -2.24. The van der Waals surface area contributed by atoms with E-state index in [-0.39, 0.29) is 17.8 Å². The molecule has 0 aliphatic heterocycles. The minimum atomic E-state index is -0.193. The van der Waals surface area contributed by atoms with E-state index in [0.717, 1.165) is 11.3 Å². The van der Waals surface area contributed by atoms with Crippen LogP contribution < -0.4 is 4.74 Å². The minimum absolute atomic E-state index is 0.00704. The Bertz CT molecular complexity index is 624. The van der Waals surface area contributed by atoms with Crippen molar-refractivity contribution >= 4 is 5.91 Å². The first-order valence-electron chi connectivity index (χ1n) is 6.81. The van der Waals surface area contributed by atoms with Gasteiger partial charge in [-0.3, -0.25) is 9.89 Å². The van der Waals surface area contributed by atoms with Crippen LogP contribution in [-0.2, 0) is 6.42 Å². The quantitative estimate of drug-likeness (QED) is 0.911. The Balaban J connectivity index is 2.09. The number of nitrogens with zero attached hydrogens (tertiary/aromatic N) is 3. The van der Waals surface area contributed by atoms with Crippen molar-refractivity contribution in [3.8, 4) is 5.75 Å². The summed E-state index contributed by atoms with van der Waals surface area (Å²) in [5.41, 5.74) is 1.07. The summed E-state index contributed by atoms with van der Waals surface area (Å²) in [6.45, 7) is 3.76. The zero-order valence-electron chi connectivity index (χ0n) is 12.8. The van der Waals surface area contributed by atoms with Crippen LogP contribution in [0, 0.1) is 6.92 Å². The van der Waals surface area contributed by atoms with Crippen LogP contribution in [0.1, 0.15) is 28.9 Å². The number of H-pyrrole nitrogens is 1. The second-order valence-electron chi connectivity index (χ2n) is 5.03. The van der Waals surface area contributed by atoms with Gasteiger partial charge in [-0.2, -0.15) is 0 Å². The Morgan fingerprint density at radius 1 is 1.43 bits per heavy atom. The molecule has 2 rings (SSSR count). The van der Waals surface area contributed by atoms with Crippen molar-refractivity contribution in [3.05, 3.63) is 41.5 Å². The van der Waals surface area contributed by atoms with Gasteiger partial charge in [0.25, 0.3) is 5.91 Å². The van der Waals surface area contributed by atoms with Crippen LogP contribution in [0.2, 0.25) is 0 Å². The Hall–Kier alpha value is -2.37. The summed E-state index contributed by atoms with van der Waals surface area (Å²) in [6, 6.07) is 7.82. The van der Waals surface area contributed by atoms with Gasteiger partial charge in [0, 0.05) is 13.1 Å². The van der Waals surface area contributed by atoms with Crippen molar-refractivity contribution in [3.63, 3.8) is 0 Å². The van der Waals surface area contributed by atoms with Crippen molar-refractivity contribution in [2.24, 2.45) is 0 Å². The number of benzene rings is 1. The van der Waals surface area contributed by atoms with Crippen LogP contribution in [0.25, 0.3) is 0 Å². The second-order valence-corrected chi connectivity index (χ2v) is 5.03. The number of ether oxygens (including phenoxy) is 1. The Kier molecular flexibility index (Phi) is 4.57. The number of aromatic nitrogens is 3. The molecule has 0 aliphatic rings. The first-order chi connectivity index (χ1) is 10.0. The van der Waals surface area contributed by atoms with E-state index in [2.05, 4.69) is 15.2 Å². The standard InChI is InChI=1S/C15H20N4O2/c1-10(9-12-7-5-6-8-13(12)21-4)19(3)15(20)14-16-11(2)17-18-14/h5-8,10H,9H2,1-4H3,(H,16,17,18). The number of rotatable bonds is 5. The van der Waals surface area contributed by atoms with Crippen molar-refractivity contribution < 1.29 is 9.53 Å². The molecule has 1 amide bonds.